The van der Waals surface area contributed by atoms with Gasteiger partial charge in [0.2, 0.25) is 11.8 Å². The van der Waals surface area contributed by atoms with Gasteiger partial charge >= 0.3 is 0 Å². The van der Waals surface area contributed by atoms with Crippen LogP contribution in [0.2, 0.25) is 0 Å². The Hall–Kier alpha value is -2.10. The maximum Gasteiger partial charge on any atom is 0.250 e. The van der Waals surface area contributed by atoms with Gasteiger partial charge in [-0.25, -0.2) is 0 Å². The van der Waals surface area contributed by atoms with E-state index in [1.165, 1.54) is 5.56 Å². The van der Waals surface area contributed by atoms with Gasteiger partial charge in [0, 0.05) is 44.6 Å². The van der Waals surface area contributed by atoms with Gasteiger partial charge in [-0.2, -0.15) is 0 Å². The number of likely N-dealkylation sites (tertiary alicyclic amines) is 1. The van der Waals surface area contributed by atoms with Gasteiger partial charge in [-0.05, 0) is 30.0 Å². The molecule has 1 atom stereocenters. The molecule has 0 bridgehead atoms. The molecule has 2 amide bonds. The molecular formula is C19H24N2O2. The van der Waals surface area contributed by atoms with Crippen LogP contribution in [-0.2, 0) is 9.59 Å². The third kappa shape index (κ3) is 2.90. The van der Waals surface area contributed by atoms with Crippen LogP contribution in [0.3, 0.4) is 0 Å². The van der Waals surface area contributed by atoms with Gasteiger partial charge in [0.25, 0.3) is 0 Å². The number of carbonyl (C=O) groups is 2. The van der Waals surface area contributed by atoms with Crippen molar-refractivity contribution >= 4 is 17.9 Å². The van der Waals surface area contributed by atoms with Crippen molar-refractivity contribution in [3.63, 3.8) is 0 Å². The molecule has 2 aliphatic rings. The Bertz CT molecular complexity index is 657. The smallest absolute Gasteiger partial charge is 0.250 e. The highest BCUT2D eigenvalue weighted by Gasteiger charge is 2.32. The van der Waals surface area contributed by atoms with Crippen molar-refractivity contribution in [2.45, 2.75) is 38.6 Å². The minimum atomic E-state index is 0.0948. The van der Waals surface area contributed by atoms with Crippen molar-refractivity contribution in [1.82, 2.24) is 9.80 Å². The standard InChI is InChI=1S/C19H24N2O2/c1-13-17-7-5-4-6-15(17)12-18(13)19(23)21-10-8-16(9-11-21)20(3)14(2)22/h4-7,12-13,16H,8-11H2,1-3H3. The normalized spacial score (nSPS) is 20.9. The van der Waals surface area contributed by atoms with E-state index >= 15 is 0 Å². The molecule has 0 spiro atoms. The summed E-state index contributed by atoms with van der Waals surface area (Å²) in [7, 11) is 1.85. The molecule has 1 saturated heterocycles. The van der Waals surface area contributed by atoms with Gasteiger partial charge in [0.05, 0.1) is 0 Å². The molecule has 1 fully saturated rings. The highest BCUT2D eigenvalue weighted by Crippen LogP contribution is 2.37. The molecule has 1 aliphatic heterocycles. The van der Waals surface area contributed by atoms with Crippen molar-refractivity contribution in [3.05, 3.63) is 41.0 Å². The molecule has 4 nitrogen and oxygen atoms in total. The minimum absolute atomic E-state index is 0.0948. The van der Waals surface area contributed by atoms with E-state index in [-0.39, 0.29) is 23.8 Å². The number of piperidine rings is 1. The van der Waals surface area contributed by atoms with E-state index < -0.39 is 0 Å². The lowest BCUT2D eigenvalue weighted by molar-refractivity contribution is -0.132. The fraction of sp³-hybridized carbons (Fsp3) is 0.474. The largest absolute Gasteiger partial charge is 0.343 e. The number of amides is 2. The molecular weight excluding hydrogens is 288 g/mol. The quantitative estimate of drug-likeness (QED) is 0.842. The van der Waals surface area contributed by atoms with Gasteiger partial charge in [-0.1, -0.05) is 31.2 Å². The predicted octanol–water partition coefficient (Wildman–Crippen LogP) is 2.66. The monoisotopic (exact) mass is 312 g/mol. The maximum absolute atomic E-state index is 12.9. The van der Waals surface area contributed by atoms with E-state index in [9.17, 15) is 9.59 Å². The van der Waals surface area contributed by atoms with Crippen LogP contribution in [0, 0.1) is 0 Å². The Kier molecular flexibility index (Phi) is 4.24. The molecule has 23 heavy (non-hydrogen) atoms. The molecule has 0 aromatic heterocycles. The summed E-state index contributed by atoms with van der Waals surface area (Å²) in [6.45, 7) is 5.15. The van der Waals surface area contributed by atoms with Crippen molar-refractivity contribution in [2.24, 2.45) is 0 Å². The first kappa shape index (κ1) is 15.8. The molecule has 122 valence electrons. The van der Waals surface area contributed by atoms with E-state index in [2.05, 4.69) is 19.1 Å². The maximum atomic E-state index is 12.9. The lowest BCUT2D eigenvalue weighted by Crippen LogP contribution is -2.47. The van der Waals surface area contributed by atoms with Crippen molar-refractivity contribution < 1.29 is 9.59 Å². The number of benzene rings is 1. The first-order chi connectivity index (χ1) is 11.0. The summed E-state index contributed by atoms with van der Waals surface area (Å²) < 4.78 is 0. The Balaban J connectivity index is 1.66. The molecule has 1 unspecified atom stereocenters. The van der Waals surface area contributed by atoms with Crippen LogP contribution in [0.5, 0.6) is 0 Å². The molecule has 1 aromatic carbocycles. The number of carbonyl (C=O) groups excluding carboxylic acids is 2. The van der Waals surface area contributed by atoms with Crippen LogP contribution in [0.15, 0.2) is 29.8 Å². The highest BCUT2D eigenvalue weighted by atomic mass is 16.2. The molecule has 0 saturated carbocycles. The first-order valence-electron chi connectivity index (χ1n) is 8.32. The molecule has 1 aliphatic carbocycles. The average Bonchev–Trinajstić information content (AvgIpc) is 2.91. The summed E-state index contributed by atoms with van der Waals surface area (Å²) in [6, 6.07) is 8.46. The summed E-state index contributed by atoms with van der Waals surface area (Å²) in [5.41, 5.74) is 3.29. The Morgan fingerprint density at radius 2 is 1.83 bits per heavy atom. The van der Waals surface area contributed by atoms with Gasteiger partial charge in [0.1, 0.15) is 0 Å². The molecule has 1 heterocycles. The van der Waals surface area contributed by atoms with Gasteiger partial charge in [-0.15, -0.1) is 0 Å². The van der Waals surface area contributed by atoms with Gasteiger partial charge in [0.15, 0.2) is 0 Å². The average molecular weight is 312 g/mol. The summed E-state index contributed by atoms with van der Waals surface area (Å²) in [5, 5.41) is 0. The minimum Gasteiger partial charge on any atom is -0.343 e. The van der Waals surface area contributed by atoms with Crippen LogP contribution in [0.1, 0.15) is 43.7 Å². The zero-order chi connectivity index (χ0) is 16.6. The van der Waals surface area contributed by atoms with E-state index in [1.54, 1.807) is 11.8 Å². The van der Waals surface area contributed by atoms with Crippen LogP contribution in [0.4, 0.5) is 0 Å². The van der Waals surface area contributed by atoms with E-state index in [1.807, 2.05) is 30.2 Å². The topological polar surface area (TPSA) is 40.6 Å². The van der Waals surface area contributed by atoms with Crippen molar-refractivity contribution in [1.29, 1.82) is 0 Å². The van der Waals surface area contributed by atoms with Gasteiger partial charge in [-0.3, -0.25) is 9.59 Å². The van der Waals surface area contributed by atoms with Crippen molar-refractivity contribution in [3.8, 4) is 0 Å². The third-order valence-corrected chi connectivity index (χ3v) is 5.28. The number of fused-ring (bicyclic) bond motifs is 1. The van der Waals surface area contributed by atoms with Gasteiger partial charge < -0.3 is 9.80 Å². The molecule has 4 heteroatoms. The van der Waals surface area contributed by atoms with Crippen LogP contribution < -0.4 is 0 Å². The van der Waals surface area contributed by atoms with Crippen LogP contribution >= 0.6 is 0 Å². The summed E-state index contributed by atoms with van der Waals surface area (Å²) in [6.07, 6.45) is 3.75. The Morgan fingerprint density at radius 1 is 1.17 bits per heavy atom. The fourth-order valence-electron chi connectivity index (χ4n) is 3.64. The SMILES string of the molecule is CC(=O)N(C)C1CCN(C(=O)C2=Cc3ccccc3C2C)CC1. The van der Waals surface area contributed by atoms with E-state index in [4.69, 9.17) is 0 Å². The second kappa shape index (κ2) is 6.19. The number of nitrogens with zero attached hydrogens (tertiary/aromatic N) is 2. The van der Waals surface area contributed by atoms with E-state index in [0.717, 1.165) is 37.1 Å². The summed E-state index contributed by atoms with van der Waals surface area (Å²) in [4.78, 5) is 28.1. The summed E-state index contributed by atoms with van der Waals surface area (Å²) in [5.74, 6) is 0.409. The molecule has 1 aromatic rings. The molecule has 0 N–H and O–H groups in total. The molecule has 0 radical (unpaired) electrons. The zero-order valence-corrected chi connectivity index (χ0v) is 14.1. The Labute approximate surface area is 137 Å². The number of hydrogen-bond acceptors (Lipinski definition) is 2. The fourth-order valence-corrected chi connectivity index (χ4v) is 3.64. The lowest BCUT2D eigenvalue weighted by Gasteiger charge is -2.37. The first-order valence-corrected chi connectivity index (χ1v) is 8.32. The van der Waals surface area contributed by atoms with Crippen LogP contribution in [-0.4, -0.2) is 47.8 Å². The second-order valence-corrected chi connectivity index (χ2v) is 6.60. The number of hydrogen-bond donors (Lipinski definition) is 0. The third-order valence-electron chi connectivity index (χ3n) is 5.28. The van der Waals surface area contributed by atoms with E-state index in [0.29, 0.717) is 0 Å². The van der Waals surface area contributed by atoms with Crippen molar-refractivity contribution in [2.75, 3.05) is 20.1 Å². The molecule has 3 rings (SSSR count). The zero-order valence-electron chi connectivity index (χ0n) is 14.1. The highest BCUT2D eigenvalue weighted by molar-refractivity contribution is 6.01. The Morgan fingerprint density at radius 3 is 2.43 bits per heavy atom. The second-order valence-electron chi connectivity index (χ2n) is 6.60. The predicted molar refractivity (Wildman–Crippen MR) is 90.9 cm³/mol. The van der Waals surface area contributed by atoms with Crippen LogP contribution in [0.25, 0.3) is 6.08 Å². The lowest BCUT2D eigenvalue weighted by atomic mass is 9.96. The summed E-state index contributed by atoms with van der Waals surface area (Å²) >= 11 is 0. The number of rotatable bonds is 2.